The molecule has 1 amide bonds. The summed E-state index contributed by atoms with van der Waals surface area (Å²) in [5, 5.41) is 4.27. The Balaban J connectivity index is 1.76. The standard InChI is InChI=1S/C20H20F2N4O4S2/c1-3-26(4-2)32(29,30)14-6-8-19(28)25(10-14)11-18(27)24-20-23-17(12-31-20)13-5-7-15(21)16(22)9-13/h5-10,12H,3-4,11H2,1-2H3,(H,23,24,27). The zero-order valence-corrected chi connectivity index (χ0v) is 18.8. The van der Waals surface area contributed by atoms with Gasteiger partial charge in [0.2, 0.25) is 15.9 Å². The van der Waals surface area contributed by atoms with Gasteiger partial charge < -0.3 is 9.88 Å². The summed E-state index contributed by atoms with van der Waals surface area (Å²) in [5.74, 6) is -2.59. The molecule has 12 heteroatoms. The molecule has 3 aromatic rings. The number of nitrogens with one attached hydrogen (secondary N) is 1. The lowest BCUT2D eigenvalue weighted by atomic mass is 10.2. The molecule has 32 heavy (non-hydrogen) atoms. The number of hydrogen-bond acceptors (Lipinski definition) is 6. The maximum absolute atomic E-state index is 13.4. The van der Waals surface area contributed by atoms with E-state index in [4.69, 9.17) is 0 Å². The van der Waals surface area contributed by atoms with E-state index in [9.17, 15) is 26.8 Å². The molecule has 0 atom stereocenters. The number of amides is 1. The number of halogens is 2. The van der Waals surface area contributed by atoms with Gasteiger partial charge in [-0.3, -0.25) is 9.59 Å². The Morgan fingerprint density at radius 3 is 2.53 bits per heavy atom. The smallest absolute Gasteiger partial charge is 0.251 e. The second-order valence-corrected chi connectivity index (χ2v) is 9.43. The highest BCUT2D eigenvalue weighted by Gasteiger charge is 2.22. The highest BCUT2D eigenvalue weighted by atomic mass is 32.2. The molecule has 0 fully saturated rings. The molecule has 0 aliphatic carbocycles. The number of thiazole rings is 1. The largest absolute Gasteiger partial charge is 0.305 e. The maximum Gasteiger partial charge on any atom is 0.251 e. The lowest BCUT2D eigenvalue weighted by molar-refractivity contribution is -0.116. The molecule has 0 aliphatic rings. The van der Waals surface area contributed by atoms with Gasteiger partial charge in [0.1, 0.15) is 6.54 Å². The van der Waals surface area contributed by atoms with E-state index in [1.165, 1.54) is 16.4 Å². The molecule has 0 saturated heterocycles. The second kappa shape index (κ2) is 9.67. The quantitative estimate of drug-likeness (QED) is 0.532. The van der Waals surface area contributed by atoms with Crippen molar-refractivity contribution in [3.05, 3.63) is 63.9 Å². The van der Waals surface area contributed by atoms with E-state index in [0.717, 1.165) is 40.3 Å². The van der Waals surface area contributed by atoms with Gasteiger partial charge in [-0.1, -0.05) is 13.8 Å². The second-order valence-electron chi connectivity index (χ2n) is 6.64. The molecule has 0 spiro atoms. The molecule has 0 bridgehead atoms. The van der Waals surface area contributed by atoms with Crippen LogP contribution in [0.3, 0.4) is 0 Å². The third kappa shape index (κ3) is 5.09. The van der Waals surface area contributed by atoms with E-state index in [2.05, 4.69) is 10.3 Å². The van der Waals surface area contributed by atoms with Crippen LogP contribution in [-0.4, -0.2) is 41.3 Å². The van der Waals surface area contributed by atoms with Gasteiger partial charge in [0.25, 0.3) is 5.56 Å². The first-order valence-electron chi connectivity index (χ1n) is 9.57. The van der Waals surface area contributed by atoms with Crippen LogP contribution < -0.4 is 10.9 Å². The van der Waals surface area contributed by atoms with Crippen LogP contribution in [0.1, 0.15) is 13.8 Å². The summed E-state index contributed by atoms with van der Waals surface area (Å²) in [7, 11) is -3.79. The number of aromatic nitrogens is 2. The Hall–Kier alpha value is -2.96. The number of hydrogen-bond donors (Lipinski definition) is 1. The predicted octanol–water partition coefficient (Wildman–Crippen LogP) is 2.92. The van der Waals surface area contributed by atoms with Gasteiger partial charge in [-0.25, -0.2) is 22.2 Å². The van der Waals surface area contributed by atoms with Crippen molar-refractivity contribution in [2.24, 2.45) is 0 Å². The van der Waals surface area contributed by atoms with Gasteiger partial charge in [-0.05, 0) is 24.3 Å². The van der Waals surface area contributed by atoms with Crippen molar-refractivity contribution in [3.63, 3.8) is 0 Å². The number of nitrogens with zero attached hydrogens (tertiary/aromatic N) is 3. The van der Waals surface area contributed by atoms with Gasteiger partial charge in [-0.2, -0.15) is 4.31 Å². The molecule has 170 valence electrons. The van der Waals surface area contributed by atoms with Crippen molar-refractivity contribution in [3.8, 4) is 11.3 Å². The minimum atomic E-state index is -3.79. The number of anilines is 1. The average Bonchev–Trinajstić information content (AvgIpc) is 3.20. The Morgan fingerprint density at radius 2 is 1.88 bits per heavy atom. The Labute approximate surface area is 187 Å². The van der Waals surface area contributed by atoms with Crippen molar-refractivity contribution in [1.82, 2.24) is 13.9 Å². The maximum atomic E-state index is 13.4. The number of carbonyl (C=O) groups excluding carboxylic acids is 1. The van der Waals surface area contributed by atoms with Gasteiger partial charge in [0.15, 0.2) is 16.8 Å². The molecule has 8 nitrogen and oxygen atoms in total. The fraction of sp³-hybridized carbons (Fsp3) is 0.250. The number of rotatable bonds is 8. The number of pyridine rings is 1. The van der Waals surface area contributed by atoms with Crippen LogP contribution in [0.15, 0.2) is 51.6 Å². The first-order valence-corrected chi connectivity index (χ1v) is 11.9. The predicted molar refractivity (Wildman–Crippen MR) is 117 cm³/mol. The summed E-state index contributed by atoms with van der Waals surface area (Å²) in [6.07, 6.45) is 1.13. The Morgan fingerprint density at radius 1 is 1.16 bits per heavy atom. The topological polar surface area (TPSA) is 101 Å². The van der Waals surface area contributed by atoms with Crippen LogP contribution in [0.5, 0.6) is 0 Å². The van der Waals surface area contributed by atoms with Crippen LogP contribution in [0, 0.1) is 11.6 Å². The highest BCUT2D eigenvalue weighted by molar-refractivity contribution is 7.89. The summed E-state index contributed by atoms with van der Waals surface area (Å²) in [5.41, 5.74) is 0.139. The molecule has 2 aromatic heterocycles. The van der Waals surface area contributed by atoms with Gasteiger partial charge in [0.05, 0.1) is 10.6 Å². The van der Waals surface area contributed by atoms with E-state index < -0.39 is 39.7 Å². The Bertz CT molecular complexity index is 1300. The minimum absolute atomic E-state index is 0.0940. The summed E-state index contributed by atoms with van der Waals surface area (Å²) in [4.78, 5) is 28.6. The van der Waals surface area contributed by atoms with Crippen molar-refractivity contribution in [2.75, 3.05) is 18.4 Å². The lowest BCUT2D eigenvalue weighted by Crippen LogP contribution is -2.33. The molecule has 3 rings (SSSR count). The number of carbonyl (C=O) groups is 1. The molecule has 0 aliphatic heterocycles. The van der Waals surface area contributed by atoms with Gasteiger partial charge in [-0.15, -0.1) is 11.3 Å². The number of benzene rings is 1. The average molecular weight is 483 g/mol. The summed E-state index contributed by atoms with van der Waals surface area (Å²) in [6.45, 7) is 3.51. The molecular formula is C20H20F2N4O4S2. The van der Waals surface area contributed by atoms with Crippen LogP contribution in [0.4, 0.5) is 13.9 Å². The summed E-state index contributed by atoms with van der Waals surface area (Å²) >= 11 is 1.07. The summed E-state index contributed by atoms with van der Waals surface area (Å²) < 4.78 is 54.1. The van der Waals surface area contributed by atoms with Crippen molar-refractivity contribution in [2.45, 2.75) is 25.3 Å². The summed E-state index contributed by atoms with van der Waals surface area (Å²) in [6, 6.07) is 5.64. The molecule has 1 N–H and O–H groups in total. The van der Waals surface area contributed by atoms with Crippen LogP contribution in [-0.2, 0) is 21.4 Å². The monoisotopic (exact) mass is 482 g/mol. The first kappa shape index (κ1) is 23.7. The molecule has 1 aromatic carbocycles. The lowest BCUT2D eigenvalue weighted by Gasteiger charge is -2.18. The van der Waals surface area contributed by atoms with Crippen LogP contribution in [0.25, 0.3) is 11.3 Å². The van der Waals surface area contributed by atoms with Crippen molar-refractivity contribution in [1.29, 1.82) is 0 Å². The van der Waals surface area contributed by atoms with Gasteiger partial charge in [0, 0.05) is 36.3 Å². The molecule has 0 radical (unpaired) electrons. The third-order valence-corrected chi connectivity index (χ3v) is 7.37. The van der Waals surface area contributed by atoms with E-state index in [-0.39, 0.29) is 23.1 Å². The molecule has 0 unspecified atom stereocenters. The Kier molecular flexibility index (Phi) is 7.16. The van der Waals surface area contributed by atoms with E-state index in [0.29, 0.717) is 11.3 Å². The SMILES string of the molecule is CCN(CC)S(=O)(=O)c1ccc(=O)n(CC(=O)Nc2nc(-c3ccc(F)c(F)c3)cs2)c1. The third-order valence-electron chi connectivity index (χ3n) is 4.58. The van der Waals surface area contributed by atoms with Crippen LogP contribution >= 0.6 is 11.3 Å². The zero-order valence-electron chi connectivity index (χ0n) is 17.2. The van der Waals surface area contributed by atoms with E-state index in [1.54, 1.807) is 19.2 Å². The molecule has 0 saturated carbocycles. The van der Waals surface area contributed by atoms with E-state index >= 15 is 0 Å². The fourth-order valence-corrected chi connectivity index (χ4v) is 5.15. The molecule has 2 heterocycles. The minimum Gasteiger partial charge on any atom is -0.305 e. The van der Waals surface area contributed by atoms with Crippen LogP contribution in [0.2, 0.25) is 0 Å². The molecular weight excluding hydrogens is 462 g/mol. The normalized spacial score (nSPS) is 11.7. The highest BCUT2D eigenvalue weighted by Crippen LogP contribution is 2.26. The van der Waals surface area contributed by atoms with E-state index in [1.807, 2.05) is 0 Å². The van der Waals surface area contributed by atoms with Crippen molar-refractivity contribution >= 4 is 32.4 Å². The van der Waals surface area contributed by atoms with Gasteiger partial charge >= 0.3 is 0 Å². The zero-order chi connectivity index (χ0) is 23.5. The first-order chi connectivity index (χ1) is 15.1. The fourth-order valence-electron chi connectivity index (χ4n) is 2.93. The van der Waals surface area contributed by atoms with Crippen molar-refractivity contribution < 1.29 is 22.0 Å². The number of sulfonamides is 1.